The van der Waals surface area contributed by atoms with Crippen LogP contribution in [0.1, 0.15) is 35.1 Å². The van der Waals surface area contributed by atoms with Gasteiger partial charge in [0.2, 0.25) is 11.7 Å². The van der Waals surface area contributed by atoms with Crippen molar-refractivity contribution >= 4 is 17.5 Å². The second-order valence-corrected chi connectivity index (χ2v) is 6.14. The fourth-order valence-electron chi connectivity index (χ4n) is 2.73. The Morgan fingerprint density at radius 3 is 2.69 bits per heavy atom. The Bertz CT molecular complexity index is 955. The number of anilines is 1. The summed E-state index contributed by atoms with van der Waals surface area (Å²) in [5.74, 6) is -1.70. The number of allylic oxidation sites excluding steroid dienone is 3. The zero-order chi connectivity index (χ0) is 18.9. The van der Waals surface area contributed by atoms with E-state index in [9.17, 15) is 14.0 Å². The Kier molecular flexibility index (Phi) is 4.33. The monoisotopic (exact) mass is 353 g/mol. The Hall–Kier alpha value is -3.42. The molecule has 0 radical (unpaired) electrons. The van der Waals surface area contributed by atoms with Gasteiger partial charge < -0.3 is 11.5 Å². The molecule has 1 amide bonds. The minimum atomic E-state index is -1.27. The number of amides is 1. The molecule has 0 saturated heterocycles. The van der Waals surface area contributed by atoms with Gasteiger partial charge >= 0.3 is 0 Å². The van der Waals surface area contributed by atoms with Crippen LogP contribution < -0.4 is 11.5 Å². The van der Waals surface area contributed by atoms with Gasteiger partial charge in [0.25, 0.3) is 0 Å². The van der Waals surface area contributed by atoms with Crippen LogP contribution in [0.5, 0.6) is 0 Å². The number of aromatic nitrogens is 3. The summed E-state index contributed by atoms with van der Waals surface area (Å²) >= 11 is 0. The Balaban J connectivity index is 2.05. The molecule has 8 heteroatoms. The van der Waals surface area contributed by atoms with E-state index in [2.05, 4.69) is 15.0 Å². The van der Waals surface area contributed by atoms with Crippen LogP contribution in [0.4, 0.5) is 10.2 Å². The van der Waals surface area contributed by atoms with Gasteiger partial charge in [-0.25, -0.2) is 14.4 Å². The van der Waals surface area contributed by atoms with Crippen LogP contribution in [0.15, 0.2) is 54.3 Å². The number of nitrogens with zero attached hydrogens (tertiary/aromatic N) is 3. The lowest BCUT2D eigenvalue weighted by atomic mass is 9.76. The lowest BCUT2D eigenvalue weighted by Crippen LogP contribution is -2.31. The van der Waals surface area contributed by atoms with E-state index in [4.69, 9.17) is 11.5 Å². The number of carbonyl (C=O) groups excluding carboxylic acids is 2. The molecule has 1 atom stereocenters. The number of primary amides is 1. The van der Waals surface area contributed by atoms with Crippen molar-refractivity contribution in [3.8, 4) is 0 Å². The van der Waals surface area contributed by atoms with E-state index in [1.807, 2.05) is 0 Å². The molecule has 0 spiro atoms. The average molecular weight is 353 g/mol. The van der Waals surface area contributed by atoms with Gasteiger partial charge in [-0.2, -0.15) is 0 Å². The van der Waals surface area contributed by atoms with Crippen molar-refractivity contribution in [1.82, 2.24) is 15.0 Å². The molecule has 132 valence electrons. The van der Waals surface area contributed by atoms with Gasteiger partial charge in [0.15, 0.2) is 11.5 Å². The van der Waals surface area contributed by atoms with Gasteiger partial charge in [-0.15, -0.1) is 0 Å². The summed E-state index contributed by atoms with van der Waals surface area (Å²) in [4.78, 5) is 36.3. The van der Waals surface area contributed by atoms with Crippen LogP contribution in [0, 0.1) is 0 Å². The number of hydrogen-bond acceptors (Lipinski definition) is 6. The number of pyridine rings is 1. The highest BCUT2D eigenvalue weighted by Crippen LogP contribution is 2.40. The molecule has 0 aromatic carbocycles. The molecule has 1 unspecified atom stereocenters. The SMILES string of the molecule is CC1(c2cnc(N)c(C(=O)c3cccnc3)n2)CC(C(N)=O)=CC=C1F. The molecular weight excluding hydrogens is 337 g/mol. The van der Waals surface area contributed by atoms with Crippen molar-refractivity contribution < 1.29 is 14.0 Å². The molecule has 2 aromatic heterocycles. The maximum absolute atomic E-state index is 14.6. The zero-order valence-corrected chi connectivity index (χ0v) is 13.9. The minimum absolute atomic E-state index is 0.00376. The van der Waals surface area contributed by atoms with E-state index >= 15 is 0 Å². The van der Waals surface area contributed by atoms with Gasteiger partial charge in [-0.3, -0.25) is 14.6 Å². The lowest BCUT2D eigenvalue weighted by Gasteiger charge is -2.30. The normalized spacial score (nSPS) is 19.5. The second kappa shape index (κ2) is 6.47. The van der Waals surface area contributed by atoms with Crippen molar-refractivity contribution in [2.24, 2.45) is 5.73 Å². The molecule has 0 fully saturated rings. The van der Waals surface area contributed by atoms with Gasteiger partial charge in [0, 0.05) is 23.5 Å². The highest BCUT2D eigenvalue weighted by atomic mass is 19.1. The molecule has 0 saturated carbocycles. The summed E-state index contributed by atoms with van der Waals surface area (Å²) in [7, 11) is 0. The van der Waals surface area contributed by atoms with Crippen molar-refractivity contribution in [2.45, 2.75) is 18.8 Å². The summed E-state index contributed by atoms with van der Waals surface area (Å²) < 4.78 is 14.6. The number of hydrogen-bond donors (Lipinski definition) is 2. The highest BCUT2D eigenvalue weighted by molar-refractivity contribution is 6.10. The molecule has 2 heterocycles. The molecule has 26 heavy (non-hydrogen) atoms. The predicted molar refractivity (Wildman–Crippen MR) is 92.6 cm³/mol. The largest absolute Gasteiger partial charge is 0.382 e. The van der Waals surface area contributed by atoms with Crippen LogP contribution in [0.25, 0.3) is 0 Å². The van der Waals surface area contributed by atoms with Crippen LogP contribution >= 0.6 is 0 Å². The fraction of sp³-hybridized carbons (Fsp3) is 0.167. The molecule has 2 aromatic rings. The number of rotatable bonds is 4. The van der Waals surface area contributed by atoms with Gasteiger partial charge in [0.1, 0.15) is 5.83 Å². The molecule has 4 N–H and O–H groups in total. The Labute approximate surface area is 148 Å². The summed E-state index contributed by atoms with van der Waals surface area (Å²) in [6.45, 7) is 1.56. The van der Waals surface area contributed by atoms with Crippen LogP contribution in [-0.2, 0) is 10.2 Å². The maximum atomic E-state index is 14.6. The number of carbonyl (C=O) groups is 2. The average Bonchev–Trinajstić information content (AvgIpc) is 2.64. The van der Waals surface area contributed by atoms with Crippen molar-refractivity contribution in [3.63, 3.8) is 0 Å². The van der Waals surface area contributed by atoms with Crippen molar-refractivity contribution in [1.29, 1.82) is 0 Å². The van der Waals surface area contributed by atoms with Crippen LogP contribution in [0.2, 0.25) is 0 Å². The van der Waals surface area contributed by atoms with E-state index < -0.39 is 22.9 Å². The lowest BCUT2D eigenvalue weighted by molar-refractivity contribution is -0.114. The van der Waals surface area contributed by atoms with E-state index in [1.165, 1.54) is 30.7 Å². The highest BCUT2D eigenvalue weighted by Gasteiger charge is 2.38. The molecule has 3 rings (SSSR count). The third-order valence-corrected chi connectivity index (χ3v) is 4.32. The van der Waals surface area contributed by atoms with Crippen LogP contribution in [0.3, 0.4) is 0 Å². The first-order chi connectivity index (χ1) is 12.3. The summed E-state index contributed by atoms with van der Waals surface area (Å²) in [6, 6.07) is 3.18. The maximum Gasteiger partial charge on any atom is 0.244 e. The molecule has 0 bridgehead atoms. The second-order valence-electron chi connectivity index (χ2n) is 6.14. The van der Waals surface area contributed by atoms with E-state index in [0.29, 0.717) is 0 Å². The van der Waals surface area contributed by atoms with Crippen LogP contribution in [-0.4, -0.2) is 26.6 Å². The predicted octanol–water partition coefficient (Wildman–Crippen LogP) is 1.61. The number of nitrogens with two attached hydrogens (primary N) is 2. The van der Waals surface area contributed by atoms with E-state index in [1.54, 1.807) is 19.1 Å². The third kappa shape index (κ3) is 2.97. The molecular formula is C18H16FN5O2. The van der Waals surface area contributed by atoms with E-state index in [-0.39, 0.29) is 34.8 Å². The van der Waals surface area contributed by atoms with Gasteiger partial charge in [-0.1, -0.05) is 6.08 Å². The minimum Gasteiger partial charge on any atom is -0.382 e. The Morgan fingerprint density at radius 2 is 2.04 bits per heavy atom. The van der Waals surface area contributed by atoms with Gasteiger partial charge in [0.05, 0.1) is 17.3 Å². The number of ketones is 1. The first kappa shape index (κ1) is 17.4. The summed E-state index contributed by atoms with van der Waals surface area (Å²) in [6.07, 6.45) is 6.72. The number of halogens is 1. The Morgan fingerprint density at radius 1 is 1.27 bits per heavy atom. The standard InChI is InChI=1S/C18H16FN5O2/c1-18(7-10(17(21)26)4-5-12(18)19)13-9-23-16(20)14(24-13)15(25)11-3-2-6-22-8-11/h2-6,8-9H,7H2,1H3,(H2,20,23)(H2,21,26). The van der Waals surface area contributed by atoms with Crippen molar-refractivity contribution in [3.05, 3.63) is 71.2 Å². The summed E-state index contributed by atoms with van der Waals surface area (Å²) in [5, 5.41) is 0. The quantitative estimate of drug-likeness (QED) is 0.805. The fourth-order valence-corrected chi connectivity index (χ4v) is 2.73. The first-order valence-electron chi connectivity index (χ1n) is 7.77. The molecule has 0 aliphatic heterocycles. The topological polar surface area (TPSA) is 125 Å². The van der Waals surface area contributed by atoms with Gasteiger partial charge in [-0.05, 0) is 31.6 Å². The molecule has 1 aliphatic carbocycles. The summed E-state index contributed by atoms with van der Waals surface area (Å²) in [5.41, 5.74) is 10.5. The molecule has 1 aliphatic rings. The third-order valence-electron chi connectivity index (χ3n) is 4.32. The smallest absolute Gasteiger partial charge is 0.244 e. The molecule has 7 nitrogen and oxygen atoms in total. The van der Waals surface area contributed by atoms with E-state index in [0.717, 1.165) is 0 Å². The zero-order valence-electron chi connectivity index (χ0n) is 13.9. The first-order valence-corrected chi connectivity index (χ1v) is 7.77. The number of nitrogen functional groups attached to an aromatic ring is 1. The van der Waals surface area contributed by atoms with Crippen molar-refractivity contribution in [2.75, 3.05) is 5.73 Å².